The number of aromatic nitrogens is 2. The third kappa shape index (κ3) is 5.04. The Kier molecular flexibility index (Phi) is 6.59. The molecule has 1 aromatic carbocycles. The molecular formula is C22H31N5O2. The molecule has 2 unspecified atom stereocenters. The van der Waals surface area contributed by atoms with Crippen LogP contribution in [0.25, 0.3) is 0 Å². The number of carbonyl (C=O) groups is 1. The van der Waals surface area contributed by atoms with Crippen molar-refractivity contribution in [2.75, 3.05) is 45.9 Å². The summed E-state index contributed by atoms with van der Waals surface area (Å²) in [5.41, 5.74) is 2.94. The minimum absolute atomic E-state index is 0.113. The number of nitrogens with zero attached hydrogens (tertiary/aromatic N) is 3. The first-order valence-electron chi connectivity index (χ1n) is 10.6. The largest absolute Gasteiger partial charge is 0.379 e. The zero-order valence-corrected chi connectivity index (χ0v) is 17.1. The van der Waals surface area contributed by atoms with Gasteiger partial charge in [0.2, 0.25) is 0 Å². The van der Waals surface area contributed by atoms with Crippen LogP contribution in [0.15, 0.2) is 36.5 Å². The predicted octanol–water partition coefficient (Wildman–Crippen LogP) is 1.92. The molecule has 2 N–H and O–H groups in total. The van der Waals surface area contributed by atoms with Gasteiger partial charge in [0.25, 0.3) is 5.91 Å². The first kappa shape index (κ1) is 20.1. The van der Waals surface area contributed by atoms with Crippen molar-refractivity contribution in [3.8, 4) is 0 Å². The van der Waals surface area contributed by atoms with Crippen LogP contribution >= 0.6 is 0 Å². The topological polar surface area (TPSA) is 71.4 Å². The van der Waals surface area contributed by atoms with Gasteiger partial charge >= 0.3 is 0 Å². The Morgan fingerprint density at radius 3 is 2.79 bits per heavy atom. The van der Waals surface area contributed by atoms with Crippen molar-refractivity contribution >= 4 is 5.91 Å². The molecule has 7 nitrogen and oxygen atoms in total. The van der Waals surface area contributed by atoms with Crippen LogP contribution in [0.5, 0.6) is 0 Å². The Morgan fingerprint density at radius 1 is 1.28 bits per heavy atom. The molecule has 29 heavy (non-hydrogen) atoms. The highest BCUT2D eigenvalue weighted by atomic mass is 16.5. The molecule has 0 bridgehead atoms. The maximum atomic E-state index is 12.8. The second kappa shape index (κ2) is 9.52. The summed E-state index contributed by atoms with van der Waals surface area (Å²) >= 11 is 0. The maximum absolute atomic E-state index is 12.8. The number of carbonyl (C=O) groups excluding carboxylic acids is 1. The lowest BCUT2D eigenvalue weighted by atomic mass is 10.0. The van der Waals surface area contributed by atoms with E-state index in [0.717, 1.165) is 52.2 Å². The number of amides is 1. The Bertz CT molecular complexity index is 792. The van der Waals surface area contributed by atoms with E-state index in [2.05, 4.69) is 51.8 Å². The molecule has 0 radical (unpaired) electrons. The van der Waals surface area contributed by atoms with Crippen LogP contribution in [-0.4, -0.2) is 66.5 Å². The normalized spacial score (nSPS) is 21.6. The standard InChI is InChI=1S/C22H31N5O2/c1-17-4-6-18(7-5-17)21(26-11-13-29-14-12-26)16-24-22(28)20-8-10-27(25-20)19-3-2-9-23-15-19/h4-8,10,19,21,23H,2-3,9,11-16H2,1H3,(H,24,28). The van der Waals surface area contributed by atoms with E-state index in [1.54, 1.807) is 0 Å². The van der Waals surface area contributed by atoms with Crippen LogP contribution in [0.4, 0.5) is 0 Å². The number of morpholine rings is 1. The summed E-state index contributed by atoms with van der Waals surface area (Å²) in [6, 6.07) is 10.9. The first-order valence-corrected chi connectivity index (χ1v) is 10.6. The highest BCUT2D eigenvalue weighted by molar-refractivity contribution is 5.92. The van der Waals surface area contributed by atoms with E-state index >= 15 is 0 Å². The summed E-state index contributed by atoms with van der Waals surface area (Å²) in [5.74, 6) is -0.113. The molecule has 0 spiro atoms. The number of rotatable bonds is 6. The van der Waals surface area contributed by atoms with E-state index in [4.69, 9.17) is 4.74 Å². The Labute approximate surface area is 172 Å². The van der Waals surface area contributed by atoms with Gasteiger partial charge in [-0.15, -0.1) is 0 Å². The van der Waals surface area contributed by atoms with Crippen LogP contribution < -0.4 is 10.6 Å². The lowest BCUT2D eigenvalue weighted by molar-refractivity contribution is 0.0162. The maximum Gasteiger partial charge on any atom is 0.271 e. The highest BCUT2D eigenvalue weighted by Crippen LogP contribution is 2.22. The summed E-state index contributed by atoms with van der Waals surface area (Å²) in [6.07, 6.45) is 4.16. The summed E-state index contributed by atoms with van der Waals surface area (Å²) < 4.78 is 7.44. The number of piperidine rings is 1. The van der Waals surface area contributed by atoms with Crippen molar-refractivity contribution in [2.24, 2.45) is 0 Å². The van der Waals surface area contributed by atoms with Gasteiger partial charge in [-0.25, -0.2) is 0 Å². The number of benzene rings is 1. The average molecular weight is 398 g/mol. The molecule has 2 fully saturated rings. The molecule has 0 saturated carbocycles. The molecule has 156 valence electrons. The molecule has 7 heteroatoms. The van der Waals surface area contributed by atoms with Crippen LogP contribution in [0.2, 0.25) is 0 Å². The number of hydrogen-bond acceptors (Lipinski definition) is 5. The van der Waals surface area contributed by atoms with Gasteiger partial charge in [0.05, 0.1) is 25.3 Å². The molecule has 1 amide bonds. The van der Waals surface area contributed by atoms with Crippen LogP contribution in [0.1, 0.15) is 46.5 Å². The zero-order valence-electron chi connectivity index (χ0n) is 17.1. The fourth-order valence-electron chi connectivity index (χ4n) is 4.14. The number of ether oxygens (including phenoxy) is 1. The molecule has 2 aliphatic heterocycles. The van der Waals surface area contributed by atoms with E-state index in [9.17, 15) is 4.79 Å². The SMILES string of the molecule is Cc1ccc(C(CNC(=O)c2ccn(C3CCCNC3)n2)N2CCOCC2)cc1. The molecule has 0 aliphatic carbocycles. The van der Waals surface area contributed by atoms with Crippen LogP contribution in [0, 0.1) is 6.92 Å². The Hall–Kier alpha value is -2.22. The van der Waals surface area contributed by atoms with Gasteiger partial charge in [-0.2, -0.15) is 5.10 Å². The molecule has 2 saturated heterocycles. The number of nitrogens with one attached hydrogen (secondary N) is 2. The lowest BCUT2D eigenvalue weighted by Gasteiger charge is -2.35. The lowest BCUT2D eigenvalue weighted by Crippen LogP contribution is -2.43. The van der Waals surface area contributed by atoms with Gasteiger partial charge in [0.15, 0.2) is 0 Å². The molecule has 2 atom stereocenters. The van der Waals surface area contributed by atoms with Crippen LogP contribution in [0.3, 0.4) is 0 Å². The minimum atomic E-state index is -0.113. The van der Waals surface area contributed by atoms with E-state index in [0.29, 0.717) is 18.3 Å². The smallest absolute Gasteiger partial charge is 0.271 e. The second-order valence-electron chi connectivity index (χ2n) is 7.97. The molecule has 1 aromatic heterocycles. The quantitative estimate of drug-likeness (QED) is 0.779. The molecule has 2 aromatic rings. The monoisotopic (exact) mass is 397 g/mol. The zero-order chi connectivity index (χ0) is 20.1. The average Bonchev–Trinajstić information content (AvgIpc) is 3.27. The summed E-state index contributed by atoms with van der Waals surface area (Å²) in [7, 11) is 0. The van der Waals surface area contributed by atoms with E-state index in [1.807, 2.05) is 16.9 Å². The summed E-state index contributed by atoms with van der Waals surface area (Å²) in [6.45, 7) is 7.83. The Balaban J connectivity index is 1.41. The van der Waals surface area contributed by atoms with Crippen molar-refractivity contribution in [3.63, 3.8) is 0 Å². The van der Waals surface area contributed by atoms with Crippen molar-refractivity contribution in [1.82, 2.24) is 25.3 Å². The van der Waals surface area contributed by atoms with E-state index in [1.165, 1.54) is 11.1 Å². The molecule has 3 heterocycles. The minimum Gasteiger partial charge on any atom is -0.379 e. The van der Waals surface area contributed by atoms with Gasteiger partial charge < -0.3 is 15.4 Å². The second-order valence-corrected chi connectivity index (χ2v) is 7.97. The fraction of sp³-hybridized carbons (Fsp3) is 0.545. The van der Waals surface area contributed by atoms with E-state index < -0.39 is 0 Å². The summed E-state index contributed by atoms with van der Waals surface area (Å²) in [4.78, 5) is 15.2. The Morgan fingerprint density at radius 2 is 2.07 bits per heavy atom. The summed E-state index contributed by atoms with van der Waals surface area (Å²) in [5, 5.41) is 11.0. The van der Waals surface area contributed by atoms with Crippen molar-refractivity contribution < 1.29 is 9.53 Å². The van der Waals surface area contributed by atoms with E-state index in [-0.39, 0.29) is 11.9 Å². The highest BCUT2D eigenvalue weighted by Gasteiger charge is 2.24. The number of aryl methyl sites for hydroxylation is 1. The molecule has 4 rings (SSSR count). The van der Waals surface area contributed by atoms with Gasteiger partial charge in [-0.05, 0) is 37.9 Å². The first-order chi connectivity index (χ1) is 14.2. The van der Waals surface area contributed by atoms with Gasteiger partial charge in [-0.3, -0.25) is 14.4 Å². The molecular weight excluding hydrogens is 366 g/mol. The van der Waals surface area contributed by atoms with Crippen LogP contribution in [-0.2, 0) is 4.74 Å². The third-order valence-electron chi connectivity index (χ3n) is 5.89. The van der Waals surface area contributed by atoms with Crippen molar-refractivity contribution in [3.05, 3.63) is 53.3 Å². The predicted molar refractivity (Wildman–Crippen MR) is 112 cm³/mol. The molecule has 2 aliphatic rings. The fourth-order valence-corrected chi connectivity index (χ4v) is 4.14. The van der Waals surface area contributed by atoms with Gasteiger partial charge in [0, 0.05) is 32.4 Å². The third-order valence-corrected chi connectivity index (χ3v) is 5.89. The van der Waals surface area contributed by atoms with Gasteiger partial charge in [0.1, 0.15) is 5.69 Å². The van der Waals surface area contributed by atoms with Gasteiger partial charge in [-0.1, -0.05) is 29.8 Å². The van der Waals surface area contributed by atoms with Crippen molar-refractivity contribution in [2.45, 2.75) is 31.8 Å². The number of hydrogen-bond donors (Lipinski definition) is 2. The van der Waals surface area contributed by atoms with Crippen molar-refractivity contribution in [1.29, 1.82) is 0 Å².